The summed E-state index contributed by atoms with van der Waals surface area (Å²) in [7, 11) is -7.52. The van der Waals surface area contributed by atoms with Crippen LogP contribution in [0, 0.1) is 0 Å². The van der Waals surface area contributed by atoms with Crippen molar-refractivity contribution in [2.45, 2.75) is 37.7 Å². The molecule has 1 aliphatic carbocycles. The molecule has 0 bridgehead atoms. The first-order chi connectivity index (χ1) is 18.4. The number of hydrogen-bond acceptors (Lipinski definition) is 9. The van der Waals surface area contributed by atoms with Crippen LogP contribution in [0.25, 0.3) is 0 Å². The van der Waals surface area contributed by atoms with Gasteiger partial charge in [0.25, 0.3) is 0 Å². The number of allylic oxidation sites excluding steroid dienone is 2. The van der Waals surface area contributed by atoms with Crippen LogP contribution in [0.3, 0.4) is 0 Å². The highest BCUT2D eigenvalue weighted by Gasteiger charge is 2.45. The molecule has 214 valence electrons. The molecular weight excluding hydrogens is 591 g/mol. The Morgan fingerprint density at radius 2 is 2.08 bits per heavy atom. The van der Waals surface area contributed by atoms with Gasteiger partial charge in [-0.2, -0.15) is 0 Å². The number of nitrogens with one attached hydrogen (secondary N) is 1. The lowest BCUT2D eigenvalue weighted by Crippen LogP contribution is -2.34. The van der Waals surface area contributed by atoms with Crippen LogP contribution < -0.4 is 4.72 Å². The minimum atomic E-state index is -3.89. The minimum Gasteiger partial charge on any atom is -0.495 e. The number of sulfonamides is 1. The maximum absolute atomic E-state index is 11.8. The highest BCUT2D eigenvalue weighted by atomic mass is 35.5. The van der Waals surface area contributed by atoms with Gasteiger partial charge in [-0.3, -0.25) is 4.99 Å². The number of halogens is 2. The second-order valence-corrected chi connectivity index (χ2v) is 14.5. The Hall–Kier alpha value is -2.00. The molecule has 1 aromatic carbocycles. The fraction of sp³-hybridized carbons (Fsp3) is 0.500. The molecule has 0 saturated carbocycles. The lowest BCUT2D eigenvalue weighted by atomic mass is 10.0. The van der Waals surface area contributed by atoms with E-state index < -0.39 is 30.7 Å². The molecule has 2 aliphatic rings. The first-order valence-electron chi connectivity index (χ1n) is 12.2. The van der Waals surface area contributed by atoms with Gasteiger partial charge >= 0.3 is 0 Å². The molecule has 1 aliphatic heterocycles. The molecule has 1 saturated heterocycles. The monoisotopic (exact) mass is 620 g/mol. The number of aliphatic imine (C=N–C) groups is 1. The maximum Gasteiger partial charge on any atom is 0.226 e. The molecule has 2 heterocycles. The Morgan fingerprint density at radius 3 is 2.74 bits per heavy atom. The predicted molar refractivity (Wildman–Crippen MR) is 148 cm³/mol. The van der Waals surface area contributed by atoms with Gasteiger partial charge in [-0.05, 0) is 24.6 Å². The Morgan fingerprint density at radius 1 is 1.26 bits per heavy atom. The molecule has 15 heteroatoms. The zero-order valence-electron chi connectivity index (χ0n) is 21.3. The highest BCUT2D eigenvalue weighted by molar-refractivity contribution is 8.06. The van der Waals surface area contributed by atoms with Crippen LogP contribution in [0.15, 0.2) is 53.7 Å². The van der Waals surface area contributed by atoms with Crippen LogP contribution in [0.1, 0.15) is 24.8 Å². The Kier molecular flexibility index (Phi) is 9.74. The maximum atomic E-state index is 11.8. The summed E-state index contributed by atoms with van der Waals surface area (Å²) in [5.41, 5.74) is 1.59. The Bertz CT molecular complexity index is 1430. The molecule has 11 nitrogen and oxygen atoms in total. The number of imidazole rings is 1. The highest BCUT2D eigenvalue weighted by Crippen LogP contribution is 2.40. The summed E-state index contributed by atoms with van der Waals surface area (Å²) in [5, 5.41) is 0.0154. The van der Waals surface area contributed by atoms with Gasteiger partial charge in [0.05, 0.1) is 36.8 Å². The third kappa shape index (κ3) is 8.74. The smallest absolute Gasteiger partial charge is 0.226 e. The molecule has 1 N–H and O–H groups in total. The van der Waals surface area contributed by atoms with Crippen LogP contribution in [-0.4, -0.2) is 75.8 Å². The minimum absolute atomic E-state index is 0.0336. The number of sulfone groups is 1. The van der Waals surface area contributed by atoms with Crippen LogP contribution >= 0.6 is 23.2 Å². The van der Waals surface area contributed by atoms with Crippen molar-refractivity contribution < 1.29 is 31.0 Å². The van der Waals surface area contributed by atoms with Gasteiger partial charge in [0.2, 0.25) is 15.8 Å². The number of nitrogens with zero attached hydrogens (tertiary/aromatic N) is 3. The number of benzene rings is 1. The summed E-state index contributed by atoms with van der Waals surface area (Å²) in [4.78, 5) is 8.52. The van der Waals surface area contributed by atoms with Gasteiger partial charge in [-0.25, -0.2) is 26.5 Å². The van der Waals surface area contributed by atoms with E-state index in [2.05, 4.69) is 14.7 Å². The Labute approximate surface area is 238 Å². The summed E-state index contributed by atoms with van der Waals surface area (Å²) in [6.45, 7) is 1.20. The molecule has 39 heavy (non-hydrogen) atoms. The topological polar surface area (TPSA) is 138 Å². The molecule has 2 aromatic rings. The molecule has 0 spiro atoms. The van der Waals surface area contributed by atoms with E-state index in [-0.39, 0.29) is 25.8 Å². The predicted octanol–water partition coefficient (Wildman–Crippen LogP) is 2.91. The van der Waals surface area contributed by atoms with Crippen molar-refractivity contribution in [3.8, 4) is 0 Å². The number of ether oxygens (including phenoxy) is 3. The molecular formula is C24H30Cl2N4O7S2. The summed E-state index contributed by atoms with van der Waals surface area (Å²) >= 11 is 12.6. The fourth-order valence-corrected chi connectivity index (χ4v) is 7.83. The number of rotatable bonds is 12. The number of hydrogen-bond donors (Lipinski definition) is 1. The van der Waals surface area contributed by atoms with Gasteiger partial charge < -0.3 is 18.8 Å². The van der Waals surface area contributed by atoms with Crippen LogP contribution in [0.5, 0.6) is 0 Å². The van der Waals surface area contributed by atoms with E-state index in [0.717, 1.165) is 17.7 Å². The zero-order valence-corrected chi connectivity index (χ0v) is 24.4. The molecule has 1 fully saturated rings. The van der Waals surface area contributed by atoms with Crippen molar-refractivity contribution in [3.63, 3.8) is 0 Å². The van der Waals surface area contributed by atoms with Crippen molar-refractivity contribution in [2.24, 2.45) is 4.99 Å². The van der Waals surface area contributed by atoms with Crippen LogP contribution in [0.2, 0.25) is 10.0 Å². The molecule has 1 aromatic heterocycles. The summed E-state index contributed by atoms with van der Waals surface area (Å²) in [6, 6.07) is 5.19. The normalized spacial score (nSPS) is 23.2. The number of aromatic nitrogens is 2. The van der Waals surface area contributed by atoms with E-state index >= 15 is 0 Å². The molecule has 2 unspecified atom stereocenters. The van der Waals surface area contributed by atoms with Crippen molar-refractivity contribution >= 4 is 48.8 Å². The third-order valence-corrected chi connectivity index (χ3v) is 10.1. The van der Waals surface area contributed by atoms with Crippen molar-refractivity contribution in [3.05, 3.63) is 64.4 Å². The van der Waals surface area contributed by atoms with Crippen LogP contribution in [0.4, 0.5) is 0 Å². The first kappa shape index (κ1) is 30.0. The lowest BCUT2D eigenvalue weighted by Gasteiger charge is -2.30. The van der Waals surface area contributed by atoms with E-state index in [1.54, 1.807) is 30.7 Å². The van der Waals surface area contributed by atoms with E-state index in [9.17, 15) is 16.8 Å². The van der Waals surface area contributed by atoms with Gasteiger partial charge in [0, 0.05) is 54.3 Å². The SMILES string of the molecule is CS(=O)(=O)CS(=O)(=O)NCCN=C1CC=C(OCC2COC(Cn3ccnc3)(c3ccc(Cl)cc3Cl)O2)CC1. The van der Waals surface area contributed by atoms with E-state index in [0.29, 0.717) is 48.0 Å². The average molecular weight is 622 g/mol. The second-order valence-electron chi connectivity index (χ2n) is 9.35. The van der Waals surface area contributed by atoms with Gasteiger partial charge in [0.1, 0.15) is 12.7 Å². The van der Waals surface area contributed by atoms with Crippen molar-refractivity contribution in [2.75, 3.05) is 37.6 Å². The molecule has 0 radical (unpaired) electrons. The third-order valence-electron chi connectivity index (χ3n) is 5.97. The van der Waals surface area contributed by atoms with Crippen molar-refractivity contribution in [1.29, 1.82) is 0 Å². The van der Waals surface area contributed by atoms with Gasteiger partial charge in [-0.1, -0.05) is 29.3 Å². The largest absolute Gasteiger partial charge is 0.495 e. The summed E-state index contributed by atoms with van der Waals surface area (Å²) < 4.78 is 68.6. The van der Waals surface area contributed by atoms with Gasteiger partial charge in [0.15, 0.2) is 14.9 Å². The van der Waals surface area contributed by atoms with Crippen LogP contribution in [-0.2, 0) is 46.4 Å². The van der Waals surface area contributed by atoms with Crippen molar-refractivity contribution in [1.82, 2.24) is 14.3 Å². The van der Waals surface area contributed by atoms with E-state index in [1.807, 2.05) is 16.8 Å². The molecule has 2 atom stereocenters. The summed E-state index contributed by atoms with van der Waals surface area (Å²) in [5.74, 6) is -0.303. The standard InChI is InChI=1S/C24H30Cl2N4O7S2/c1-38(31,32)17-39(33,34)29-9-8-28-19-3-5-20(6-4-19)35-13-21-14-36-24(37-21,15-30-11-10-27-16-30)22-7-2-18(25)12-23(22)26/h2,5,7,10-12,16,21,29H,3-4,6,8-9,13-15,17H2,1H3. The lowest BCUT2D eigenvalue weighted by molar-refractivity contribution is -0.190. The van der Waals surface area contributed by atoms with E-state index in [4.69, 9.17) is 37.4 Å². The molecule has 4 rings (SSSR count). The fourth-order valence-electron chi connectivity index (χ4n) is 4.29. The second kappa shape index (κ2) is 12.7. The van der Waals surface area contributed by atoms with Gasteiger partial charge in [-0.15, -0.1) is 0 Å². The zero-order chi connectivity index (χ0) is 28.1. The quantitative estimate of drug-likeness (QED) is 0.357. The summed E-state index contributed by atoms with van der Waals surface area (Å²) in [6.07, 6.45) is 9.56. The Balaban J connectivity index is 1.29. The average Bonchev–Trinajstić information content (AvgIpc) is 3.50. The first-order valence-corrected chi connectivity index (χ1v) is 16.6. The molecule has 0 amide bonds. The van der Waals surface area contributed by atoms with E-state index in [1.165, 1.54) is 0 Å².